The highest BCUT2D eigenvalue weighted by atomic mass is 19.1. The lowest BCUT2D eigenvalue weighted by molar-refractivity contribution is 0.192. The molecule has 1 fully saturated rings. The van der Waals surface area contributed by atoms with Gasteiger partial charge in [-0.05, 0) is 26.7 Å². The number of halogens is 1. The Labute approximate surface area is 68.6 Å². The third-order valence-corrected chi connectivity index (χ3v) is 2.54. The van der Waals surface area contributed by atoms with E-state index in [9.17, 15) is 4.39 Å². The highest BCUT2D eigenvalue weighted by Crippen LogP contribution is 2.24. The molecule has 2 atom stereocenters. The third-order valence-electron chi connectivity index (χ3n) is 2.54. The van der Waals surface area contributed by atoms with Gasteiger partial charge in [-0.15, -0.1) is 0 Å². The molecular formula is C9H18FN. The molecule has 0 radical (unpaired) electrons. The lowest BCUT2D eigenvalue weighted by Crippen LogP contribution is -2.35. The van der Waals surface area contributed by atoms with Gasteiger partial charge in [0.2, 0.25) is 0 Å². The zero-order chi connectivity index (χ0) is 8.43. The number of likely N-dealkylation sites (tertiary alicyclic amines) is 1. The SMILES string of the molecule is CC[C@@H]1C[C@@H](F)CN1C(C)C. The minimum Gasteiger partial charge on any atom is -0.295 e. The Morgan fingerprint density at radius 3 is 2.55 bits per heavy atom. The van der Waals surface area contributed by atoms with Gasteiger partial charge < -0.3 is 0 Å². The van der Waals surface area contributed by atoms with Gasteiger partial charge in [-0.3, -0.25) is 4.90 Å². The predicted molar refractivity (Wildman–Crippen MR) is 45.4 cm³/mol. The van der Waals surface area contributed by atoms with Crippen LogP contribution in [-0.2, 0) is 0 Å². The van der Waals surface area contributed by atoms with Crippen LogP contribution in [0.4, 0.5) is 4.39 Å². The van der Waals surface area contributed by atoms with E-state index >= 15 is 0 Å². The number of rotatable bonds is 2. The van der Waals surface area contributed by atoms with Crippen LogP contribution in [0.5, 0.6) is 0 Å². The van der Waals surface area contributed by atoms with E-state index in [0.29, 0.717) is 18.6 Å². The van der Waals surface area contributed by atoms with Gasteiger partial charge in [0.15, 0.2) is 0 Å². The van der Waals surface area contributed by atoms with E-state index in [4.69, 9.17) is 0 Å². The highest BCUT2D eigenvalue weighted by molar-refractivity contribution is 4.86. The van der Waals surface area contributed by atoms with Crippen molar-refractivity contribution in [1.29, 1.82) is 0 Å². The smallest absolute Gasteiger partial charge is 0.114 e. The summed E-state index contributed by atoms with van der Waals surface area (Å²) < 4.78 is 12.9. The van der Waals surface area contributed by atoms with Gasteiger partial charge in [0.05, 0.1) is 0 Å². The average Bonchev–Trinajstić information content (AvgIpc) is 2.30. The van der Waals surface area contributed by atoms with E-state index in [-0.39, 0.29) is 0 Å². The first-order valence-corrected chi connectivity index (χ1v) is 4.55. The van der Waals surface area contributed by atoms with E-state index in [1.165, 1.54) is 0 Å². The highest BCUT2D eigenvalue weighted by Gasteiger charge is 2.31. The molecule has 0 unspecified atom stereocenters. The summed E-state index contributed by atoms with van der Waals surface area (Å²) in [6.45, 7) is 7.07. The standard InChI is InChI=1S/C9H18FN/c1-4-9-5-8(10)6-11(9)7(2)3/h7-9H,4-6H2,1-3H3/t8-,9-/m1/s1. The molecular weight excluding hydrogens is 141 g/mol. The van der Waals surface area contributed by atoms with Crippen molar-refractivity contribution in [3.63, 3.8) is 0 Å². The predicted octanol–water partition coefficient (Wildman–Crippen LogP) is 2.22. The summed E-state index contributed by atoms with van der Waals surface area (Å²) in [4.78, 5) is 2.27. The first-order chi connectivity index (χ1) is 5.15. The van der Waals surface area contributed by atoms with Crippen molar-refractivity contribution in [3.8, 4) is 0 Å². The Balaban J connectivity index is 2.50. The summed E-state index contributed by atoms with van der Waals surface area (Å²) >= 11 is 0. The molecule has 0 saturated carbocycles. The van der Waals surface area contributed by atoms with E-state index < -0.39 is 6.17 Å². The minimum absolute atomic E-state index is 0.491. The summed E-state index contributed by atoms with van der Waals surface area (Å²) in [5.41, 5.74) is 0. The second-order valence-electron chi connectivity index (χ2n) is 3.69. The minimum atomic E-state index is -0.581. The van der Waals surface area contributed by atoms with Crippen LogP contribution in [0.25, 0.3) is 0 Å². The molecule has 0 aromatic rings. The van der Waals surface area contributed by atoms with Gasteiger partial charge in [-0.1, -0.05) is 6.92 Å². The maximum Gasteiger partial charge on any atom is 0.114 e. The van der Waals surface area contributed by atoms with Crippen LogP contribution in [0, 0.1) is 0 Å². The zero-order valence-corrected chi connectivity index (χ0v) is 7.68. The lowest BCUT2D eigenvalue weighted by atomic mass is 10.1. The van der Waals surface area contributed by atoms with E-state index in [2.05, 4.69) is 25.7 Å². The van der Waals surface area contributed by atoms with Gasteiger partial charge >= 0.3 is 0 Å². The molecule has 1 heterocycles. The molecule has 66 valence electrons. The van der Waals surface area contributed by atoms with Gasteiger partial charge in [-0.2, -0.15) is 0 Å². The molecule has 0 aromatic carbocycles. The van der Waals surface area contributed by atoms with Crippen molar-refractivity contribution >= 4 is 0 Å². The molecule has 1 nitrogen and oxygen atoms in total. The molecule has 0 aliphatic carbocycles. The number of hydrogen-bond acceptors (Lipinski definition) is 1. The molecule has 1 aliphatic heterocycles. The van der Waals surface area contributed by atoms with E-state index in [0.717, 1.165) is 12.8 Å². The first kappa shape index (κ1) is 8.98. The van der Waals surface area contributed by atoms with Crippen molar-refractivity contribution in [2.24, 2.45) is 0 Å². The molecule has 0 spiro atoms. The largest absolute Gasteiger partial charge is 0.295 e. The number of nitrogens with zero attached hydrogens (tertiary/aromatic N) is 1. The van der Waals surface area contributed by atoms with Crippen LogP contribution in [-0.4, -0.2) is 29.7 Å². The maximum absolute atomic E-state index is 12.9. The topological polar surface area (TPSA) is 3.24 Å². The van der Waals surface area contributed by atoms with Crippen molar-refractivity contribution in [2.75, 3.05) is 6.54 Å². The Bertz CT molecular complexity index is 125. The van der Waals surface area contributed by atoms with Crippen molar-refractivity contribution < 1.29 is 4.39 Å². The zero-order valence-electron chi connectivity index (χ0n) is 7.68. The molecule has 1 rings (SSSR count). The summed E-state index contributed by atoms with van der Waals surface area (Å²) in [7, 11) is 0. The van der Waals surface area contributed by atoms with Crippen molar-refractivity contribution in [1.82, 2.24) is 4.90 Å². The summed E-state index contributed by atoms with van der Waals surface area (Å²) in [5, 5.41) is 0. The van der Waals surface area contributed by atoms with Crippen LogP contribution in [0.15, 0.2) is 0 Å². The first-order valence-electron chi connectivity index (χ1n) is 4.55. The average molecular weight is 159 g/mol. The van der Waals surface area contributed by atoms with Crippen LogP contribution in [0.2, 0.25) is 0 Å². The normalized spacial score (nSPS) is 33.5. The Kier molecular flexibility index (Phi) is 2.88. The van der Waals surface area contributed by atoms with Crippen LogP contribution >= 0.6 is 0 Å². The van der Waals surface area contributed by atoms with Crippen LogP contribution in [0.3, 0.4) is 0 Å². The number of hydrogen-bond donors (Lipinski definition) is 0. The Morgan fingerprint density at radius 1 is 1.55 bits per heavy atom. The van der Waals surface area contributed by atoms with Gasteiger partial charge in [0, 0.05) is 18.6 Å². The van der Waals surface area contributed by atoms with Gasteiger partial charge in [0.25, 0.3) is 0 Å². The third kappa shape index (κ3) is 1.92. The molecule has 2 heteroatoms. The van der Waals surface area contributed by atoms with E-state index in [1.807, 2.05) is 0 Å². The number of alkyl halides is 1. The molecule has 1 aliphatic rings. The fourth-order valence-corrected chi connectivity index (χ4v) is 1.92. The fraction of sp³-hybridized carbons (Fsp3) is 1.00. The van der Waals surface area contributed by atoms with E-state index in [1.54, 1.807) is 0 Å². The molecule has 0 aromatic heterocycles. The fourth-order valence-electron chi connectivity index (χ4n) is 1.92. The van der Waals surface area contributed by atoms with Gasteiger partial charge in [-0.25, -0.2) is 4.39 Å². The molecule has 11 heavy (non-hydrogen) atoms. The Morgan fingerprint density at radius 2 is 2.18 bits per heavy atom. The molecule has 0 bridgehead atoms. The van der Waals surface area contributed by atoms with Crippen molar-refractivity contribution in [3.05, 3.63) is 0 Å². The lowest BCUT2D eigenvalue weighted by Gasteiger charge is -2.26. The molecule has 0 N–H and O–H groups in total. The maximum atomic E-state index is 12.9. The summed E-state index contributed by atoms with van der Waals surface area (Å²) in [5.74, 6) is 0. The molecule has 1 saturated heterocycles. The second kappa shape index (κ2) is 3.53. The molecule has 0 amide bonds. The monoisotopic (exact) mass is 159 g/mol. The van der Waals surface area contributed by atoms with Gasteiger partial charge in [0.1, 0.15) is 6.17 Å². The Hall–Kier alpha value is -0.110. The summed E-state index contributed by atoms with van der Waals surface area (Å²) in [6, 6.07) is 0.991. The quantitative estimate of drug-likeness (QED) is 0.597. The van der Waals surface area contributed by atoms with Crippen LogP contribution < -0.4 is 0 Å². The summed E-state index contributed by atoms with van der Waals surface area (Å²) in [6.07, 6.45) is 1.25. The second-order valence-corrected chi connectivity index (χ2v) is 3.69. The van der Waals surface area contributed by atoms with Crippen LogP contribution in [0.1, 0.15) is 33.6 Å². The van der Waals surface area contributed by atoms with Crippen molar-refractivity contribution in [2.45, 2.75) is 51.9 Å².